The lowest BCUT2D eigenvalue weighted by Gasteiger charge is -2.32. The smallest absolute Gasteiger partial charge is 0.0695 e. The van der Waals surface area contributed by atoms with Crippen molar-refractivity contribution >= 4 is 0 Å². The maximum absolute atomic E-state index is 9.50. The van der Waals surface area contributed by atoms with Crippen LogP contribution in [0.5, 0.6) is 0 Å². The number of hydrogen-bond acceptors (Lipinski definition) is 2. The van der Waals surface area contributed by atoms with E-state index in [0.29, 0.717) is 6.04 Å². The minimum Gasteiger partial charge on any atom is -0.391 e. The van der Waals surface area contributed by atoms with Gasteiger partial charge in [-0.05, 0) is 26.9 Å². The van der Waals surface area contributed by atoms with Crippen molar-refractivity contribution in [3.63, 3.8) is 0 Å². The molecule has 1 saturated carbocycles. The number of nitrogens with zero attached hydrogens (tertiary/aromatic N) is 1. The van der Waals surface area contributed by atoms with Crippen LogP contribution in [0.4, 0.5) is 0 Å². The molecular weight excluding hydrogens is 126 g/mol. The molecule has 60 valence electrons. The first-order valence-electron chi connectivity index (χ1n) is 4.06. The number of aliphatic hydroxyl groups is 1. The number of rotatable bonds is 1. The third kappa shape index (κ3) is 1.70. The quantitative estimate of drug-likeness (QED) is 0.588. The molecule has 1 rings (SSSR count). The van der Waals surface area contributed by atoms with Crippen molar-refractivity contribution in [2.45, 2.75) is 37.8 Å². The summed E-state index contributed by atoms with van der Waals surface area (Å²) in [5, 5.41) is 9.50. The molecule has 0 amide bonds. The van der Waals surface area contributed by atoms with E-state index in [1.807, 2.05) is 14.1 Å². The molecule has 1 aliphatic rings. The Labute approximate surface area is 62.8 Å². The third-order valence-electron chi connectivity index (χ3n) is 2.36. The van der Waals surface area contributed by atoms with Crippen LogP contribution in [-0.4, -0.2) is 36.2 Å². The Morgan fingerprint density at radius 2 is 1.80 bits per heavy atom. The molecular formula is C8H17NO. The zero-order chi connectivity index (χ0) is 7.56. The molecule has 2 nitrogen and oxygen atoms in total. The van der Waals surface area contributed by atoms with Gasteiger partial charge in [0.1, 0.15) is 0 Å². The minimum absolute atomic E-state index is 0.0799. The molecule has 0 radical (unpaired) electrons. The van der Waals surface area contributed by atoms with Crippen LogP contribution in [0.15, 0.2) is 0 Å². The Kier molecular flexibility index (Phi) is 2.69. The first-order chi connectivity index (χ1) is 4.72. The van der Waals surface area contributed by atoms with Crippen LogP contribution in [0.2, 0.25) is 0 Å². The largest absolute Gasteiger partial charge is 0.391 e. The fourth-order valence-corrected chi connectivity index (χ4v) is 1.69. The van der Waals surface area contributed by atoms with E-state index in [0.717, 1.165) is 12.8 Å². The summed E-state index contributed by atoms with van der Waals surface area (Å²) in [6.45, 7) is 0. The molecule has 0 heterocycles. The zero-order valence-corrected chi connectivity index (χ0v) is 6.88. The molecule has 2 heteroatoms. The zero-order valence-electron chi connectivity index (χ0n) is 6.88. The molecule has 1 N–H and O–H groups in total. The Morgan fingerprint density at radius 3 is 2.20 bits per heavy atom. The van der Waals surface area contributed by atoms with Crippen molar-refractivity contribution in [3.05, 3.63) is 0 Å². The fourth-order valence-electron chi connectivity index (χ4n) is 1.69. The highest BCUT2D eigenvalue weighted by atomic mass is 16.3. The van der Waals surface area contributed by atoms with E-state index in [4.69, 9.17) is 0 Å². The highest BCUT2D eigenvalue weighted by molar-refractivity contribution is 4.79. The molecule has 10 heavy (non-hydrogen) atoms. The average molecular weight is 143 g/mol. The van der Waals surface area contributed by atoms with Crippen molar-refractivity contribution in [1.82, 2.24) is 4.90 Å². The first kappa shape index (κ1) is 8.02. The second kappa shape index (κ2) is 3.35. The summed E-state index contributed by atoms with van der Waals surface area (Å²) in [6, 6.07) is 0.411. The minimum atomic E-state index is -0.0799. The van der Waals surface area contributed by atoms with Gasteiger partial charge >= 0.3 is 0 Å². The SMILES string of the molecule is CN(C)[C@@H]1CCCC[C@@H]1O. The highest BCUT2D eigenvalue weighted by Crippen LogP contribution is 2.20. The second-order valence-electron chi connectivity index (χ2n) is 3.38. The predicted octanol–water partition coefficient (Wildman–Crippen LogP) is 0.851. The summed E-state index contributed by atoms with van der Waals surface area (Å²) in [6.07, 6.45) is 4.55. The van der Waals surface area contributed by atoms with Gasteiger partial charge in [-0.3, -0.25) is 0 Å². The van der Waals surface area contributed by atoms with E-state index in [1.54, 1.807) is 0 Å². The van der Waals surface area contributed by atoms with E-state index in [1.165, 1.54) is 12.8 Å². The van der Waals surface area contributed by atoms with Crippen LogP contribution in [0.3, 0.4) is 0 Å². The Hall–Kier alpha value is -0.0800. The Bertz CT molecular complexity index is 103. The normalized spacial score (nSPS) is 34.8. The maximum atomic E-state index is 9.50. The summed E-state index contributed by atoms with van der Waals surface area (Å²) in [4.78, 5) is 2.13. The van der Waals surface area contributed by atoms with Crippen LogP contribution in [-0.2, 0) is 0 Å². The van der Waals surface area contributed by atoms with E-state index in [2.05, 4.69) is 4.90 Å². The van der Waals surface area contributed by atoms with E-state index in [9.17, 15) is 5.11 Å². The topological polar surface area (TPSA) is 23.5 Å². The molecule has 0 saturated heterocycles. The van der Waals surface area contributed by atoms with Crippen molar-refractivity contribution < 1.29 is 5.11 Å². The molecule has 0 unspecified atom stereocenters. The van der Waals surface area contributed by atoms with Crippen LogP contribution in [0.1, 0.15) is 25.7 Å². The third-order valence-corrected chi connectivity index (χ3v) is 2.36. The van der Waals surface area contributed by atoms with Crippen LogP contribution in [0, 0.1) is 0 Å². The average Bonchev–Trinajstić information content (AvgIpc) is 1.88. The molecule has 1 fully saturated rings. The van der Waals surface area contributed by atoms with Crippen LogP contribution >= 0.6 is 0 Å². The summed E-state index contributed by atoms with van der Waals surface area (Å²) in [5.41, 5.74) is 0. The van der Waals surface area contributed by atoms with Crippen LogP contribution < -0.4 is 0 Å². The van der Waals surface area contributed by atoms with Gasteiger partial charge in [0.05, 0.1) is 6.10 Å². The van der Waals surface area contributed by atoms with E-state index in [-0.39, 0.29) is 6.10 Å². The van der Waals surface area contributed by atoms with Crippen molar-refractivity contribution in [2.24, 2.45) is 0 Å². The van der Waals surface area contributed by atoms with Gasteiger partial charge in [-0.1, -0.05) is 12.8 Å². The predicted molar refractivity (Wildman–Crippen MR) is 41.9 cm³/mol. The summed E-state index contributed by atoms with van der Waals surface area (Å²) in [5.74, 6) is 0. The molecule has 0 aromatic heterocycles. The van der Waals surface area contributed by atoms with E-state index < -0.39 is 0 Å². The Morgan fingerprint density at radius 1 is 1.20 bits per heavy atom. The first-order valence-corrected chi connectivity index (χ1v) is 4.06. The lowest BCUT2D eigenvalue weighted by molar-refractivity contribution is 0.0435. The van der Waals surface area contributed by atoms with Crippen molar-refractivity contribution in [1.29, 1.82) is 0 Å². The molecule has 0 aromatic carbocycles. The number of hydrogen-bond donors (Lipinski definition) is 1. The standard InChI is InChI=1S/C8H17NO/c1-9(2)7-5-3-4-6-8(7)10/h7-8,10H,3-6H2,1-2H3/t7-,8+/m1/s1. The van der Waals surface area contributed by atoms with Gasteiger partial charge in [0.2, 0.25) is 0 Å². The lowest BCUT2D eigenvalue weighted by atomic mass is 9.92. The van der Waals surface area contributed by atoms with Crippen LogP contribution in [0.25, 0.3) is 0 Å². The van der Waals surface area contributed by atoms with Gasteiger partial charge in [0.25, 0.3) is 0 Å². The Balaban J connectivity index is 2.40. The number of likely N-dealkylation sites (N-methyl/N-ethyl adjacent to an activating group) is 1. The highest BCUT2D eigenvalue weighted by Gasteiger charge is 2.23. The number of aliphatic hydroxyl groups excluding tert-OH is 1. The van der Waals surface area contributed by atoms with Gasteiger partial charge in [-0.2, -0.15) is 0 Å². The monoisotopic (exact) mass is 143 g/mol. The van der Waals surface area contributed by atoms with Gasteiger partial charge in [-0.25, -0.2) is 0 Å². The summed E-state index contributed by atoms with van der Waals surface area (Å²) >= 11 is 0. The molecule has 0 aliphatic heterocycles. The maximum Gasteiger partial charge on any atom is 0.0695 e. The second-order valence-corrected chi connectivity index (χ2v) is 3.38. The molecule has 0 spiro atoms. The van der Waals surface area contributed by atoms with Crippen molar-refractivity contribution in [3.8, 4) is 0 Å². The molecule has 0 bridgehead atoms. The summed E-state index contributed by atoms with van der Waals surface area (Å²) in [7, 11) is 4.08. The fraction of sp³-hybridized carbons (Fsp3) is 1.00. The van der Waals surface area contributed by atoms with Gasteiger partial charge < -0.3 is 10.0 Å². The van der Waals surface area contributed by atoms with Gasteiger partial charge in [0, 0.05) is 6.04 Å². The van der Waals surface area contributed by atoms with Gasteiger partial charge in [0.15, 0.2) is 0 Å². The lowest BCUT2D eigenvalue weighted by Crippen LogP contribution is -2.41. The molecule has 0 aromatic rings. The summed E-state index contributed by atoms with van der Waals surface area (Å²) < 4.78 is 0. The molecule has 2 atom stereocenters. The van der Waals surface area contributed by atoms with E-state index >= 15 is 0 Å². The van der Waals surface area contributed by atoms with Crippen molar-refractivity contribution in [2.75, 3.05) is 14.1 Å². The van der Waals surface area contributed by atoms with Gasteiger partial charge in [-0.15, -0.1) is 0 Å². The molecule has 1 aliphatic carbocycles.